The second kappa shape index (κ2) is 12.6. The highest BCUT2D eigenvalue weighted by atomic mass is 19.4. The molecule has 1 fully saturated rings. The summed E-state index contributed by atoms with van der Waals surface area (Å²) in [6.45, 7) is -1.63. The van der Waals surface area contributed by atoms with Crippen molar-refractivity contribution in [2.75, 3.05) is 25.0 Å². The van der Waals surface area contributed by atoms with Crippen LogP contribution in [0.2, 0.25) is 0 Å². The van der Waals surface area contributed by atoms with Gasteiger partial charge in [-0.15, -0.1) is 18.3 Å². The number of carbonyl (C=O) groups is 2. The highest BCUT2D eigenvalue weighted by Gasteiger charge is 2.44. The number of rotatable bonds is 12. The van der Waals surface area contributed by atoms with Gasteiger partial charge in [-0.2, -0.15) is 0 Å². The number of nitrogens with zero attached hydrogens (tertiary/aromatic N) is 5. The number of nitrogens with one attached hydrogen (secondary N) is 2. The normalized spacial score (nSPS) is 15.5. The highest BCUT2D eigenvalue weighted by Crippen LogP contribution is 2.26. The van der Waals surface area contributed by atoms with E-state index in [0.717, 1.165) is 22.9 Å². The summed E-state index contributed by atoms with van der Waals surface area (Å²) in [6.07, 6.45) is -3.84. The summed E-state index contributed by atoms with van der Waals surface area (Å²) in [5.74, 6) is -4.46. The Morgan fingerprint density at radius 3 is 2.60 bits per heavy atom. The molecule has 2 aromatic heterocycles. The van der Waals surface area contributed by atoms with Crippen molar-refractivity contribution in [2.24, 2.45) is 0 Å². The molecular weight excluding hydrogens is 576 g/mol. The van der Waals surface area contributed by atoms with Crippen molar-refractivity contribution in [3.8, 4) is 5.75 Å². The minimum Gasteiger partial charge on any atom is -0.406 e. The average Bonchev–Trinajstić information content (AvgIpc) is 3.33. The van der Waals surface area contributed by atoms with Crippen LogP contribution >= 0.6 is 0 Å². The third-order valence-electron chi connectivity index (χ3n) is 5.98. The molecule has 226 valence electrons. The van der Waals surface area contributed by atoms with Crippen LogP contribution in [-0.4, -0.2) is 74.4 Å². The Kier molecular flexibility index (Phi) is 9.18. The number of amides is 2. The first-order valence-electron chi connectivity index (χ1n) is 12.5. The predicted octanol–water partition coefficient (Wildman–Crippen LogP) is 2.59. The molecule has 0 bridgehead atoms. The van der Waals surface area contributed by atoms with E-state index in [0.29, 0.717) is 5.56 Å². The van der Waals surface area contributed by atoms with Gasteiger partial charge in [-0.1, -0.05) is 17.3 Å². The largest absolute Gasteiger partial charge is 0.573 e. The molecule has 0 radical (unpaired) electrons. The zero-order valence-corrected chi connectivity index (χ0v) is 21.8. The number of anilines is 1. The first-order valence-corrected chi connectivity index (χ1v) is 12.5. The molecule has 1 unspecified atom stereocenters. The molecule has 1 aliphatic rings. The Morgan fingerprint density at radius 2 is 1.90 bits per heavy atom. The van der Waals surface area contributed by atoms with Crippen molar-refractivity contribution in [2.45, 2.75) is 44.5 Å². The number of hydrogen-bond donors (Lipinski definition) is 2. The lowest BCUT2D eigenvalue weighted by molar-refractivity contribution is -0.274. The number of halogens is 6. The molecule has 2 N–H and O–H groups in total. The molecule has 3 heterocycles. The minimum absolute atomic E-state index is 0.00373. The molecule has 1 aromatic carbocycles. The van der Waals surface area contributed by atoms with Gasteiger partial charge in [0.1, 0.15) is 11.9 Å². The third kappa shape index (κ3) is 9.05. The highest BCUT2D eigenvalue weighted by molar-refractivity contribution is 5.92. The lowest BCUT2D eigenvalue weighted by Crippen LogP contribution is -2.57. The Morgan fingerprint density at radius 1 is 1.14 bits per heavy atom. The van der Waals surface area contributed by atoms with Crippen molar-refractivity contribution in [1.29, 1.82) is 0 Å². The average molecular weight is 602 g/mol. The molecule has 11 nitrogen and oxygen atoms in total. The Hall–Kier alpha value is -4.41. The monoisotopic (exact) mass is 601 g/mol. The number of likely N-dealkylation sites (tertiary alicyclic amines) is 1. The molecular formula is C25H25F6N7O4. The summed E-state index contributed by atoms with van der Waals surface area (Å²) in [6, 6.07) is 7.63. The molecule has 1 atom stereocenters. The fourth-order valence-corrected chi connectivity index (χ4v) is 4.08. The summed E-state index contributed by atoms with van der Waals surface area (Å²) < 4.78 is 83.7. The van der Waals surface area contributed by atoms with Crippen molar-refractivity contribution in [3.63, 3.8) is 0 Å². The Bertz CT molecular complexity index is 1470. The molecule has 1 saturated heterocycles. The van der Waals surface area contributed by atoms with Crippen LogP contribution in [0.5, 0.6) is 5.75 Å². The zero-order valence-electron chi connectivity index (χ0n) is 21.8. The van der Waals surface area contributed by atoms with Crippen molar-refractivity contribution in [3.05, 3.63) is 70.4 Å². The predicted molar refractivity (Wildman–Crippen MR) is 135 cm³/mol. The second-order valence-corrected chi connectivity index (χ2v) is 9.59. The second-order valence-electron chi connectivity index (χ2n) is 9.59. The molecule has 0 saturated carbocycles. The maximum absolute atomic E-state index is 14.6. The number of hydrogen-bond acceptors (Lipinski definition) is 7. The van der Waals surface area contributed by atoms with Crippen LogP contribution in [0.4, 0.5) is 32.0 Å². The molecule has 2 amide bonds. The Balaban J connectivity index is 1.21. The van der Waals surface area contributed by atoms with E-state index in [1.54, 1.807) is 0 Å². The third-order valence-corrected chi connectivity index (χ3v) is 5.98. The molecule has 42 heavy (non-hydrogen) atoms. The number of aromatic nitrogens is 4. The van der Waals surface area contributed by atoms with E-state index in [9.17, 15) is 40.7 Å². The fourth-order valence-electron chi connectivity index (χ4n) is 4.08. The maximum atomic E-state index is 14.6. The standard InChI is InChI=1S/C25H25F6N7O4/c26-17(4-6-37-7-5-18(9-22(37)40)33-21(39)13-36-14-24(27,28)15-36)11-38-12-20(34-35-38)23(41)32-10-16-2-1-3-19(8-16)42-25(29,30)31/h1-3,5,7-9,12,17H,4,6,10-11,13-15H2,(H,32,41)(H,33,39). The molecule has 1 aliphatic heterocycles. The van der Waals surface area contributed by atoms with E-state index in [2.05, 4.69) is 25.7 Å². The van der Waals surface area contributed by atoms with Gasteiger partial charge in [0.2, 0.25) is 5.91 Å². The van der Waals surface area contributed by atoms with Crippen LogP contribution in [0.15, 0.2) is 53.6 Å². The van der Waals surface area contributed by atoms with Crippen molar-refractivity contribution < 1.29 is 40.7 Å². The van der Waals surface area contributed by atoms with Gasteiger partial charge in [0, 0.05) is 31.0 Å². The number of aryl methyl sites for hydroxylation is 1. The summed E-state index contributed by atoms with van der Waals surface area (Å²) in [5.41, 5.74) is -0.126. The number of ether oxygens (including phenoxy) is 1. The first kappa shape index (κ1) is 30.5. The van der Waals surface area contributed by atoms with Crippen LogP contribution < -0.4 is 20.9 Å². The van der Waals surface area contributed by atoms with E-state index < -0.39 is 54.7 Å². The van der Waals surface area contributed by atoms with E-state index in [1.165, 1.54) is 40.1 Å². The maximum Gasteiger partial charge on any atom is 0.573 e. The van der Waals surface area contributed by atoms with Crippen molar-refractivity contribution >= 4 is 17.5 Å². The number of carbonyl (C=O) groups excluding carboxylic acids is 2. The quantitative estimate of drug-likeness (QED) is 0.306. The number of alkyl halides is 6. The van der Waals surface area contributed by atoms with Gasteiger partial charge in [-0.25, -0.2) is 17.9 Å². The Labute approximate surface area is 234 Å². The zero-order chi connectivity index (χ0) is 30.5. The van der Waals surface area contributed by atoms with Crippen LogP contribution in [0.3, 0.4) is 0 Å². The molecule has 3 aromatic rings. The molecule has 4 rings (SSSR count). The summed E-state index contributed by atoms with van der Waals surface area (Å²) in [5, 5.41) is 12.3. The molecule has 0 aliphatic carbocycles. The SMILES string of the molecule is O=C(CN1CC(F)(F)C1)Nc1ccn(CCC(F)Cn2cc(C(=O)NCc3cccc(OC(F)(F)F)c3)nn2)c(=O)c1. The van der Waals surface area contributed by atoms with Gasteiger partial charge in [-0.05, 0) is 30.2 Å². The topological polar surface area (TPSA) is 123 Å². The van der Waals surface area contributed by atoms with Crippen LogP contribution in [0.25, 0.3) is 0 Å². The van der Waals surface area contributed by atoms with Gasteiger partial charge >= 0.3 is 6.36 Å². The van der Waals surface area contributed by atoms with Gasteiger partial charge < -0.3 is 19.9 Å². The van der Waals surface area contributed by atoms with E-state index in [-0.39, 0.29) is 44.0 Å². The summed E-state index contributed by atoms with van der Waals surface area (Å²) in [4.78, 5) is 37.9. The van der Waals surface area contributed by atoms with Crippen LogP contribution in [0, 0.1) is 0 Å². The first-order chi connectivity index (χ1) is 19.7. The summed E-state index contributed by atoms with van der Waals surface area (Å²) in [7, 11) is 0. The number of benzene rings is 1. The summed E-state index contributed by atoms with van der Waals surface area (Å²) >= 11 is 0. The van der Waals surface area contributed by atoms with Crippen LogP contribution in [0.1, 0.15) is 22.5 Å². The van der Waals surface area contributed by atoms with E-state index in [1.807, 2.05) is 0 Å². The van der Waals surface area contributed by atoms with E-state index in [4.69, 9.17) is 0 Å². The fraction of sp³-hybridized carbons (Fsp3) is 0.400. The van der Waals surface area contributed by atoms with Gasteiger partial charge in [-0.3, -0.25) is 19.3 Å². The number of pyridine rings is 1. The smallest absolute Gasteiger partial charge is 0.406 e. The van der Waals surface area contributed by atoms with E-state index >= 15 is 0 Å². The molecule has 0 spiro atoms. The molecule has 17 heteroatoms. The van der Waals surface area contributed by atoms with Crippen molar-refractivity contribution in [1.82, 2.24) is 29.8 Å². The minimum atomic E-state index is -4.85. The van der Waals surface area contributed by atoms with Crippen LogP contribution in [-0.2, 0) is 24.4 Å². The van der Waals surface area contributed by atoms with Gasteiger partial charge in [0.05, 0.1) is 32.4 Å². The van der Waals surface area contributed by atoms with Gasteiger partial charge in [0.15, 0.2) is 5.69 Å². The lowest BCUT2D eigenvalue weighted by Gasteiger charge is -2.37. The van der Waals surface area contributed by atoms with Gasteiger partial charge in [0.25, 0.3) is 17.4 Å². The lowest BCUT2D eigenvalue weighted by atomic mass is 10.1.